The zero-order chi connectivity index (χ0) is 16.4. The fourth-order valence-corrected chi connectivity index (χ4v) is 2.93. The first kappa shape index (κ1) is 20.8. The van der Waals surface area contributed by atoms with Crippen molar-refractivity contribution in [1.29, 1.82) is 0 Å². The van der Waals surface area contributed by atoms with Gasteiger partial charge in [-0.05, 0) is 38.6 Å². The molecule has 5 heteroatoms. The molecule has 0 aromatic rings. The molecule has 4 N–H and O–H groups in total. The molecule has 0 aromatic heterocycles. The smallest absolute Gasteiger partial charge is 0.169 e. The second-order valence-electron chi connectivity index (χ2n) is 5.80. The topological polar surface area (TPSA) is 73.7 Å². The van der Waals surface area contributed by atoms with E-state index in [4.69, 9.17) is 20.9 Å². The van der Waals surface area contributed by atoms with Crippen LogP contribution in [-0.4, -0.2) is 57.1 Å². The Morgan fingerprint density at radius 2 is 1.86 bits per heavy atom. The minimum atomic E-state index is -0.168. The Labute approximate surface area is 131 Å². The van der Waals surface area contributed by atoms with E-state index in [1.54, 1.807) is 7.11 Å². The number of methoxy groups -OCH3 is 1. The number of likely N-dealkylation sites (N-methyl/N-ethyl adjacent to an activating group) is 1. The van der Waals surface area contributed by atoms with Gasteiger partial charge in [-0.15, -0.1) is 0 Å². The maximum absolute atomic E-state index is 6.27. The van der Waals surface area contributed by atoms with Gasteiger partial charge in [-0.2, -0.15) is 0 Å². The predicted molar refractivity (Wildman–Crippen MR) is 89.1 cm³/mol. The van der Waals surface area contributed by atoms with E-state index in [0.717, 1.165) is 19.5 Å². The zero-order valence-corrected chi connectivity index (χ0v) is 14.8. The summed E-state index contributed by atoms with van der Waals surface area (Å²) < 4.78 is 10.8. The third-order valence-corrected chi connectivity index (χ3v) is 4.27. The average molecular weight is 303 g/mol. The van der Waals surface area contributed by atoms with E-state index in [9.17, 15) is 0 Å². The van der Waals surface area contributed by atoms with Crippen molar-refractivity contribution < 1.29 is 9.47 Å². The first-order chi connectivity index (χ1) is 9.99. The number of hydrogen-bond acceptors (Lipinski definition) is 5. The van der Waals surface area contributed by atoms with E-state index in [1.807, 2.05) is 20.8 Å². The SMILES string of the molecule is CC.CCOC(CN(C)CC1C(C)CCC(N)C1N)OC. The molecular weight excluding hydrogens is 266 g/mol. The van der Waals surface area contributed by atoms with Gasteiger partial charge in [0.1, 0.15) is 0 Å². The Morgan fingerprint density at radius 3 is 2.38 bits per heavy atom. The zero-order valence-electron chi connectivity index (χ0n) is 14.8. The molecule has 0 spiro atoms. The van der Waals surface area contributed by atoms with E-state index >= 15 is 0 Å². The summed E-state index contributed by atoms with van der Waals surface area (Å²) in [5.41, 5.74) is 12.4. The quantitative estimate of drug-likeness (QED) is 0.700. The summed E-state index contributed by atoms with van der Waals surface area (Å²) in [6, 6.07) is 0.235. The monoisotopic (exact) mass is 303 g/mol. The number of rotatable bonds is 7. The summed E-state index contributed by atoms with van der Waals surface area (Å²) in [7, 11) is 3.77. The second kappa shape index (κ2) is 11.4. The van der Waals surface area contributed by atoms with Gasteiger partial charge in [0.25, 0.3) is 0 Å². The summed E-state index contributed by atoms with van der Waals surface area (Å²) in [6.45, 7) is 10.6. The summed E-state index contributed by atoms with van der Waals surface area (Å²) in [6.07, 6.45) is 2.05. The highest BCUT2D eigenvalue weighted by Gasteiger charge is 2.34. The lowest BCUT2D eigenvalue weighted by Crippen LogP contribution is -2.55. The molecule has 0 aromatic carbocycles. The van der Waals surface area contributed by atoms with Crippen molar-refractivity contribution in [2.45, 2.75) is 58.9 Å². The number of nitrogens with two attached hydrogens (primary N) is 2. The van der Waals surface area contributed by atoms with Gasteiger partial charge >= 0.3 is 0 Å². The van der Waals surface area contributed by atoms with Gasteiger partial charge < -0.3 is 25.8 Å². The van der Waals surface area contributed by atoms with Crippen LogP contribution in [0.2, 0.25) is 0 Å². The average Bonchev–Trinajstić information content (AvgIpc) is 2.49. The van der Waals surface area contributed by atoms with E-state index in [2.05, 4.69) is 18.9 Å². The standard InChI is InChI=1S/C14H31N3O2.C2H6/c1-5-19-13(18-4)9-17(3)8-11-10(2)6-7-12(15)14(11)16;1-2/h10-14H,5-9,15-16H2,1-4H3;1-2H3. The molecule has 1 aliphatic carbocycles. The van der Waals surface area contributed by atoms with Crippen LogP contribution in [0.5, 0.6) is 0 Å². The van der Waals surface area contributed by atoms with Crippen LogP contribution in [0, 0.1) is 11.8 Å². The van der Waals surface area contributed by atoms with Gasteiger partial charge in [0, 0.05) is 38.9 Å². The highest BCUT2D eigenvalue weighted by Crippen LogP contribution is 2.29. The molecule has 0 heterocycles. The Bertz CT molecular complexity index is 254. The van der Waals surface area contributed by atoms with Gasteiger partial charge in [0.2, 0.25) is 0 Å². The Morgan fingerprint density at radius 1 is 1.24 bits per heavy atom. The van der Waals surface area contributed by atoms with Crippen LogP contribution in [0.1, 0.15) is 40.5 Å². The van der Waals surface area contributed by atoms with Gasteiger partial charge in [0.05, 0.1) is 0 Å². The Balaban J connectivity index is 0.00000191. The molecule has 0 amide bonds. The lowest BCUT2D eigenvalue weighted by Gasteiger charge is -2.40. The minimum absolute atomic E-state index is 0.0966. The van der Waals surface area contributed by atoms with Gasteiger partial charge in [-0.25, -0.2) is 0 Å². The maximum atomic E-state index is 6.27. The third kappa shape index (κ3) is 7.06. The van der Waals surface area contributed by atoms with Crippen molar-refractivity contribution in [2.24, 2.45) is 23.3 Å². The van der Waals surface area contributed by atoms with Gasteiger partial charge in [0.15, 0.2) is 6.29 Å². The second-order valence-corrected chi connectivity index (χ2v) is 5.80. The third-order valence-electron chi connectivity index (χ3n) is 4.27. The summed E-state index contributed by atoms with van der Waals surface area (Å²) in [5, 5.41) is 0. The lowest BCUT2D eigenvalue weighted by atomic mass is 9.74. The first-order valence-electron chi connectivity index (χ1n) is 8.33. The lowest BCUT2D eigenvalue weighted by molar-refractivity contribution is -0.131. The normalized spacial score (nSPS) is 30.7. The molecule has 5 atom stereocenters. The van der Waals surface area contributed by atoms with E-state index < -0.39 is 0 Å². The molecule has 0 bridgehead atoms. The summed E-state index contributed by atoms with van der Waals surface area (Å²) in [5.74, 6) is 1.08. The molecule has 1 saturated carbocycles. The molecule has 0 aliphatic heterocycles. The minimum Gasteiger partial charge on any atom is -0.355 e. The van der Waals surface area contributed by atoms with E-state index in [0.29, 0.717) is 18.4 Å². The highest BCUT2D eigenvalue weighted by atomic mass is 16.7. The molecule has 0 saturated heterocycles. The van der Waals surface area contributed by atoms with Crippen LogP contribution in [0.4, 0.5) is 0 Å². The van der Waals surface area contributed by atoms with Gasteiger partial charge in [-0.1, -0.05) is 20.8 Å². The fraction of sp³-hybridized carbons (Fsp3) is 1.00. The Hall–Kier alpha value is -0.200. The van der Waals surface area contributed by atoms with Crippen LogP contribution in [0.3, 0.4) is 0 Å². The molecule has 1 fully saturated rings. The largest absolute Gasteiger partial charge is 0.355 e. The fourth-order valence-electron chi connectivity index (χ4n) is 2.93. The van der Waals surface area contributed by atoms with Crippen LogP contribution in [0.15, 0.2) is 0 Å². The van der Waals surface area contributed by atoms with Crippen molar-refractivity contribution in [3.63, 3.8) is 0 Å². The molecule has 0 radical (unpaired) electrons. The summed E-state index contributed by atoms with van der Waals surface area (Å²) in [4.78, 5) is 2.24. The van der Waals surface area contributed by atoms with Gasteiger partial charge in [-0.3, -0.25) is 0 Å². The Kier molecular flexibility index (Phi) is 11.3. The van der Waals surface area contributed by atoms with Crippen LogP contribution in [0.25, 0.3) is 0 Å². The van der Waals surface area contributed by atoms with Crippen molar-refractivity contribution in [1.82, 2.24) is 4.90 Å². The molecule has 1 aliphatic rings. The number of nitrogens with zero attached hydrogens (tertiary/aromatic N) is 1. The van der Waals surface area contributed by atoms with Crippen molar-refractivity contribution in [3.05, 3.63) is 0 Å². The van der Waals surface area contributed by atoms with E-state index in [-0.39, 0.29) is 18.4 Å². The van der Waals surface area contributed by atoms with E-state index in [1.165, 1.54) is 6.42 Å². The van der Waals surface area contributed by atoms with Crippen molar-refractivity contribution >= 4 is 0 Å². The maximum Gasteiger partial charge on any atom is 0.169 e. The molecule has 5 nitrogen and oxygen atoms in total. The van der Waals surface area contributed by atoms with Crippen molar-refractivity contribution in [2.75, 3.05) is 33.9 Å². The van der Waals surface area contributed by atoms with Crippen LogP contribution >= 0.6 is 0 Å². The van der Waals surface area contributed by atoms with Crippen molar-refractivity contribution in [3.8, 4) is 0 Å². The summed E-state index contributed by atoms with van der Waals surface area (Å²) >= 11 is 0. The molecular formula is C16H37N3O2. The highest BCUT2D eigenvalue weighted by molar-refractivity contribution is 4.92. The number of ether oxygens (including phenoxy) is 2. The first-order valence-corrected chi connectivity index (χ1v) is 8.33. The molecule has 5 unspecified atom stereocenters. The molecule has 128 valence electrons. The molecule has 1 rings (SSSR count). The van der Waals surface area contributed by atoms with Crippen LogP contribution in [-0.2, 0) is 9.47 Å². The van der Waals surface area contributed by atoms with Crippen LogP contribution < -0.4 is 11.5 Å². The molecule has 21 heavy (non-hydrogen) atoms. The predicted octanol–water partition coefficient (Wildman–Crippen LogP) is 1.65. The number of hydrogen-bond donors (Lipinski definition) is 2.